The molecule has 6 heteroatoms. The third-order valence-electron chi connectivity index (χ3n) is 3.69. The standard InChI is InChI=1S/C18H16BNO3S/c1-12-5-2-3-8-15(12)20-18(21)17-10-9-16(24-17)13-6-4-7-14(11-13)19(22)23/h2-11,22-23H,1H3,(H,20,21). The molecule has 2 aromatic carbocycles. The second-order valence-corrected chi connectivity index (χ2v) is 6.52. The van der Waals surface area contributed by atoms with Crippen LogP contribution in [0.15, 0.2) is 60.7 Å². The minimum Gasteiger partial charge on any atom is -0.423 e. The highest BCUT2D eigenvalue weighted by Gasteiger charge is 2.14. The summed E-state index contributed by atoms with van der Waals surface area (Å²) in [4.78, 5) is 13.9. The lowest BCUT2D eigenvalue weighted by atomic mass is 9.79. The Kier molecular flexibility index (Phi) is 4.80. The highest BCUT2D eigenvalue weighted by molar-refractivity contribution is 7.17. The van der Waals surface area contributed by atoms with Gasteiger partial charge in [0.15, 0.2) is 0 Å². The van der Waals surface area contributed by atoms with Gasteiger partial charge < -0.3 is 15.4 Å². The first kappa shape index (κ1) is 16.5. The second kappa shape index (κ2) is 7.01. The fraction of sp³-hybridized carbons (Fsp3) is 0.0556. The van der Waals surface area contributed by atoms with Crippen LogP contribution in [-0.2, 0) is 0 Å². The Morgan fingerprint density at radius 2 is 1.83 bits per heavy atom. The van der Waals surface area contributed by atoms with Crippen molar-refractivity contribution < 1.29 is 14.8 Å². The van der Waals surface area contributed by atoms with E-state index in [2.05, 4.69) is 5.32 Å². The first-order chi connectivity index (χ1) is 11.5. The first-order valence-corrected chi connectivity index (χ1v) is 8.29. The van der Waals surface area contributed by atoms with Gasteiger partial charge in [-0.1, -0.05) is 42.5 Å². The average molecular weight is 337 g/mol. The molecule has 0 unspecified atom stereocenters. The Bertz CT molecular complexity index is 876. The number of rotatable bonds is 4. The van der Waals surface area contributed by atoms with Crippen LogP contribution in [0.1, 0.15) is 15.2 Å². The molecule has 0 fully saturated rings. The molecule has 0 aliphatic rings. The Morgan fingerprint density at radius 1 is 1.04 bits per heavy atom. The molecule has 0 aliphatic heterocycles. The molecular weight excluding hydrogens is 321 g/mol. The summed E-state index contributed by atoms with van der Waals surface area (Å²) in [5, 5.41) is 21.5. The predicted molar refractivity (Wildman–Crippen MR) is 98.7 cm³/mol. The molecule has 1 amide bonds. The molecule has 3 N–H and O–H groups in total. The molecule has 1 heterocycles. The summed E-state index contributed by atoms with van der Waals surface area (Å²) >= 11 is 1.36. The maximum absolute atomic E-state index is 12.4. The molecular formula is C18H16BNO3S. The number of amides is 1. The summed E-state index contributed by atoms with van der Waals surface area (Å²) in [5.74, 6) is -0.154. The largest absolute Gasteiger partial charge is 0.488 e. The molecule has 0 bridgehead atoms. The van der Waals surface area contributed by atoms with Gasteiger partial charge in [-0.15, -0.1) is 11.3 Å². The van der Waals surface area contributed by atoms with E-state index in [1.165, 1.54) is 11.3 Å². The van der Waals surface area contributed by atoms with E-state index < -0.39 is 7.12 Å². The number of thiophene rings is 1. The highest BCUT2D eigenvalue weighted by Crippen LogP contribution is 2.28. The van der Waals surface area contributed by atoms with Gasteiger partial charge >= 0.3 is 7.12 Å². The molecule has 0 saturated carbocycles. The van der Waals surface area contributed by atoms with Crippen molar-refractivity contribution in [2.45, 2.75) is 6.92 Å². The van der Waals surface area contributed by atoms with Crippen LogP contribution in [0, 0.1) is 6.92 Å². The van der Waals surface area contributed by atoms with Crippen LogP contribution >= 0.6 is 11.3 Å². The number of hydrogen-bond acceptors (Lipinski definition) is 4. The smallest absolute Gasteiger partial charge is 0.423 e. The van der Waals surface area contributed by atoms with E-state index in [0.717, 1.165) is 21.7 Å². The quantitative estimate of drug-likeness (QED) is 0.641. The molecule has 24 heavy (non-hydrogen) atoms. The van der Waals surface area contributed by atoms with Gasteiger partial charge in [0, 0.05) is 10.6 Å². The van der Waals surface area contributed by atoms with Crippen molar-refractivity contribution >= 4 is 35.5 Å². The normalized spacial score (nSPS) is 10.5. The molecule has 0 atom stereocenters. The fourth-order valence-electron chi connectivity index (χ4n) is 2.36. The lowest BCUT2D eigenvalue weighted by molar-refractivity contribution is 0.103. The molecule has 3 rings (SSSR count). The van der Waals surface area contributed by atoms with E-state index in [4.69, 9.17) is 0 Å². The minimum absolute atomic E-state index is 0.154. The third kappa shape index (κ3) is 3.57. The van der Waals surface area contributed by atoms with Crippen molar-refractivity contribution in [1.82, 2.24) is 0 Å². The van der Waals surface area contributed by atoms with Crippen LogP contribution in [-0.4, -0.2) is 23.1 Å². The zero-order chi connectivity index (χ0) is 17.1. The SMILES string of the molecule is Cc1ccccc1NC(=O)c1ccc(-c2cccc(B(O)O)c2)s1. The van der Waals surface area contributed by atoms with Gasteiger partial charge in [-0.3, -0.25) is 4.79 Å². The number of anilines is 1. The van der Waals surface area contributed by atoms with E-state index in [1.807, 2.05) is 43.3 Å². The van der Waals surface area contributed by atoms with E-state index in [1.54, 1.807) is 24.3 Å². The second-order valence-electron chi connectivity index (χ2n) is 5.43. The van der Waals surface area contributed by atoms with E-state index >= 15 is 0 Å². The van der Waals surface area contributed by atoms with E-state index in [9.17, 15) is 14.8 Å². The molecule has 120 valence electrons. The van der Waals surface area contributed by atoms with Gasteiger partial charge in [0.25, 0.3) is 5.91 Å². The Labute approximate surface area is 144 Å². The summed E-state index contributed by atoms with van der Waals surface area (Å²) in [6.07, 6.45) is 0. The lowest BCUT2D eigenvalue weighted by Gasteiger charge is -2.06. The van der Waals surface area contributed by atoms with Crippen molar-refractivity contribution in [3.05, 3.63) is 71.1 Å². The zero-order valence-corrected chi connectivity index (χ0v) is 13.9. The van der Waals surface area contributed by atoms with Crippen LogP contribution < -0.4 is 10.8 Å². The van der Waals surface area contributed by atoms with Gasteiger partial charge in [0.2, 0.25) is 0 Å². The van der Waals surface area contributed by atoms with Gasteiger partial charge in [0.1, 0.15) is 0 Å². The van der Waals surface area contributed by atoms with Crippen LogP contribution in [0.4, 0.5) is 5.69 Å². The predicted octanol–water partition coefficient (Wildman–Crippen LogP) is 2.66. The van der Waals surface area contributed by atoms with Crippen LogP contribution in [0.5, 0.6) is 0 Å². The summed E-state index contributed by atoms with van der Waals surface area (Å²) in [6.45, 7) is 1.95. The number of hydrogen-bond donors (Lipinski definition) is 3. The number of benzene rings is 2. The van der Waals surface area contributed by atoms with Gasteiger partial charge in [-0.05, 0) is 41.7 Å². The zero-order valence-electron chi connectivity index (χ0n) is 13.1. The van der Waals surface area contributed by atoms with Crippen molar-refractivity contribution in [1.29, 1.82) is 0 Å². The maximum Gasteiger partial charge on any atom is 0.488 e. The van der Waals surface area contributed by atoms with Gasteiger partial charge in [-0.2, -0.15) is 0 Å². The van der Waals surface area contributed by atoms with Crippen LogP contribution in [0.25, 0.3) is 10.4 Å². The van der Waals surface area contributed by atoms with Gasteiger partial charge in [-0.25, -0.2) is 0 Å². The molecule has 0 aliphatic carbocycles. The summed E-state index contributed by atoms with van der Waals surface area (Å²) in [6, 6.07) is 18.3. The van der Waals surface area contributed by atoms with Crippen molar-refractivity contribution in [3.63, 3.8) is 0 Å². The number of para-hydroxylation sites is 1. The Balaban J connectivity index is 1.81. The van der Waals surface area contributed by atoms with Crippen molar-refractivity contribution in [2.24, 2.45) is 0 Å². The van der Waals surface area contributed by atoms with Crippen molar-refractivity contribution in [2.75, 3.05) is 5.32 Å². The topological polar surface area (TPSA) is 69.6 Å². The molecule has 0 spiro atoms. The molecule has 1 aromatic heterocycles. The monoisotopic (exact) mass is 337 g/mol. The summed E-state index contributed by atoms with van der Waals surface area (Å²) in [5.41, 5.74) is 3.07. The fourth-order valence-corrected chi connectivity index (χ4v) is 3.26. The third-order valence-corrected chi connectivity index (χ3v) is 4.83. The Hall–Kier alpha value is -2.41. The minimum atomic E-state index is -1.51. The molecule has 0 saturated heterocycles. The first-order valence-electron chi connectivity index (χ1n) is 7.48. The number of nitrogens with one attached hydrogen (secondary N) is 1. The average Bonchev–Trinajstić information content (AvgIpc) is 3.07. The number of carbonyl (C=O) groups is 1. The van der Waals surface area contributed by atoms with Crippen molar-refractivity contribution in [3.8, 4) is 10.4 Å². The molecule has 4 nitrogen and oxygen atoms in total. The van der Waals surface area contributed by atoms with E-state index in [0.29, 0.717) is 10.3 Å². The summed E-state index contributed by atoms with van der Waals surface area (Å²) in [7, 11) is -1.51. The highest BCUT2D eigenvalue weighted by atomic mass is 32.1. The van der Waals surface area contributed by atoms with E-state index in [-0.39, 0.29) is 5.91 Å². The Morgan fingerprint density at radius 3 is 2.58 bits per heavy atom. The molecule has 0 radical (unpaired) electrons. The summed E-state index contributed by atoms with van der Waals surface area (Å²) < 4.78 is 0. The number of aryl methyl sites for hydroxylation is 1. The van der Waals surface area contributed by atoms with Gasteiger partial charge in [0.05, 0.1) is 4.88 Å². The van der Waals surface area contributed by atoms with Crippen LogP contribution in [0.2, 0.25) is 0 Å². The lowest BCUT2D eigenvalue weighted by Crippen LogP contribution is -2.29. The van der Waals surface area contributed by atoms with Crippen LogP contribution in [0.3, 0.4) is 0 Å². The maximum atomic E-state index is 12.4. The molecule has 3 aromatic rings. The number of carbonyl (C=O) groups excluding carboxylic acids is 1.